The number of anilines is 1. The van der Waals surface area contributed by atoms with Crippen LogP contribution < -0.4 is 5.73 Å². The Labute approximate surface area is 96.2 Å². The normalized spacial score (nSPS) is 12.1. The Bertz CT molecular complexity index is 381. The summed E-state index contributed by atoms with van der Waals surface area (Å²) in [5, 5.41) is 0. The van der Waals surface area contributed by atoms with Gasteiger partial charge in [0.2, 0.25) is 5.95 Å². The molecule has 0 aromatic carbocycles. The molecule has 0 bridgehead atoms. The summed E-state index contributed by atoms with van der Waals surface area (Å²) in [5.41, 5.74) is 5.41. The molecule has 2 N–H and O–H groups in total. The van der Waals surface area contributed by atoms with Crippen molar-refractivity contribution in [3.05, 3.63) is 11.6 Å². The topological polar surface area (TPSA) is 73.9 Å². The van der Waals surface area contributed by atoms with Gasteiger partial charge in [-0.15, -0.1) is 0 Å². The van der Waals surface area contributed by atoms with Gasteiger partial charge in [-0.25, -0.2) is 4.98 Å². The van der Waals surface area contributed by atoms with Crippen LogP contribution in [0.15, 0.2) is 0 Å². The molecule has 0 atom stereocenters. The van der Waals surface area contributed by atoms with Crippen molar-refractivity contribution in [3.63, 3.8) is 0 Å². The van der Waals surface area contributed by atoms with E-state index in [0.717, 1.165) is 0 Å². The Morgan fingerprint density at radius 3 is 2.41 bits per heavy atom. The molecule has 8 heteroatoms. The maximum absolute atomic E-state index is 11.8. The highest BCUT2D eigenvalue weighted by Crippen LogP contribution is 2.15. The standard InChI is InChI=1S/C9H13F3N4O/c1-5(2)7-14-6(15-8(13)16-7)3-17-4-9(10,11)12/h5H,3-4H2,1-2H3,(H2,13,14,15,16). The van der Waals surface area contributed by atoms with Crippen LogP contribution in [0.5, 0.6) is 0 Å². The van der Waals surface area contributed by atoms with Gasteiger partial charge in [0.1, 0.15) is 19.0 Å². The quantitative estimate of drug-likeness (QED) is 0.879. The minimum atomic E-state index is -4.36. The third-order valence-corrected chi connectivity index (χ3v) is 1.73. The first-order valence-electron chi connectivity index (χ1n) is 4.93. The Morgan fingerprint density at radius 1 is 1.24 bits per heavy atom. The van der Waals surface area contributed by atoms with Crippen LogP contribution in [0.25, 0.3) is 0 Å². The number of alkyl halides is 3. The zero-order chi connectivity index (χ0) is 13.1. The molecule has 5 nitrogen and oxygen atoms in total. The van der Waals surface area contributed by atoms with Crippen LogP contribution in [-0.2, 0) is 11.3 Å². The molecule has 0 amide bonds. The van der Waals surface area contributed by atoms with Crippen LogP contribution in [0.3, 0.4) is 0 Å². The third-order valence-electron chi connectivity index (χ3n) is 1.73. The van der Waals surface area contributed by atoms with Crippen LogP contribution in [-0.4, -0.2) is 27.7 Å². The zero-order valence-electron chi connectivity index (χ0n) is 9.45. The molecule has 0 aliphatic rings. The molecule has 0 saturated heterocycles. The lowest BCUT2D eigenvalue weighted by molar-refractivity contribution is -0.177. The highest BCUT2D eigenvalue weighted by Gasteiger charge is 2.27. The second-order valence-electron chi connectivity index (χ2n) is 3.73. The van der Waals surface area contributed by atoms with Crippen LogP contribution in [0.2, 0.25) is 0 Å². The average molecular weight is 250 g/mol. The summed E-state index contributed by atoms with van der Waals surface area (Å²) in [6.07, 6.45) is -4.36. The fourth-order valence-electron chi connectivity index (χ4n) is 1.04. The van der Waals surface area contributed by atoms with E-state index in [-0.39, 0.29) is 24.3 Å². The summed E-state index contributed by atoms with van der Waals surface area (Å²) in [6.45, 7) is 2.01. The number of hydrogen-bond donors (Lipinski definition) is 1. The van der Waals surface area contributed by atoms with E-state index in [2.05, 4.69) is 19.7 Å². The molecule has 1 rings (SSSR count). The Balaban J connectivity index is 2.65. The number of nitrogens with zero attached hydrogens (tertiary/aromatic N) is 3. The van der Waals surface area contributed by atoms with E-state index in [1.165, 1.54) is 0 Å². The lowest BCUT2D eigenvalue weighted by Crippen LogP contribution is -2.18. The molecule has 0 aliphatic heterocycles. The van der Waals surface area contributed by atoms with E-state index in [9.17, 15) is 13.2 Å². The maximum Gasteiger partial charge on any atom is 0.411 e. The molecule has 0 spiro atoms. The molecule has 0 aliphatic carbocycles. The number of halogens is 3. The number of ether oxygens (including phenoxy) is 1. The molecule has 0 fully saturated rings. The first kappa shape index (κ1) is 13.6. The van der Waals surface area contributed by atoms with E-state index in [1.807, 2.05) is 13.8 Å². The number of nitrogens with two attached hydrogens (primary N) is 1. The summed E-state index contributed by atoms with van der Waals surface area (Å²) >= 11 is 0. The van der Waals surface area contributed by atoms with Crippen molar-refractivity contribution in [2.75, 3.05) is 12.3 Å². The van der Waals surface area contributed by atoms with Gasteiger partial charge in [0, 0.05) is 5.92 Å². The summed E-state index contributed by atoms with van der Waals surface area (Å²) in [6, 6.07) is 0. The van der Waals surface area contributed by atoms with Crippen molar-refractivity contribution in [2.45, 2.75) is 32.5 Å². The number of nitrogen functional groups attached to an aromatic ring is 1. The highest BCUT2D eigenvalue weighted by atomic mass is 19.4. The van der Waals surface area contributed by atoms with Gasteiger partial charge in [-0.2, -0.15) is 23.1 Å². The van der Waals surface area contributed by atoms with Crippen molar-refractivity contribution in [1.29, 1.82) is 0 Å². The van der Waals surface area contributed by atoms with Gasteiger partial charge in [-0.05, 0) is 0 Å². The van der Waals surface area contributed by atoms with Crippen LogP contribution >= 0.6 is 0 Å². The SMILES string of the molecule is CC(C)c1nc(N)nc(COCC(F)(F)F)n1. The second-order valence-corrected chi connectivity index (χ2v) is 3.73. The van der Waals surface area contributed by atoms with E-state index < -0.39 is 12.8 Å². The maximum atomic E-state index is 11.8. The minimum Gasteiger partial charge on any atom is -0.368 e. The highest BCUT2D eigenvalue weighted by molar-refractivity contribution is 5.16. The molecule has 0 saturated carbocycles. The van der Waals surface area contributed by atoms with E-state index in [0.29, 0.717) is 5.82 Å². The first-order chi connectivity index (χ1) is 7.78. The Hall–Kier alpha value is -1.44. The fourth-order valence-corrected chi connectivity index (χ4v) is 1.04. The number of aromatic nitrogens is 3. The van der Waals surface area contributed by atoms with Crippen molar-refractivity contribution in [1.82, 2.24) is 15.0 Å². The smallest absolute Gasteiger partial charge is 0.368 e. The minimum absolute atomic E-state index is 0.0154. The van der Waals surface area contributed by atoms with Crippen LogP contribution in [0.1, 0.15) is 31.4 Å². The molecule has 1 aromatic heterocycles. The van der Waals surface area contributed by atoms with Gasteiger partial charge in [-0.3, -0.25) is 0 Å². The van der Waals surface area contributed by atoms with Crippen molar-refractivity contribution in [3.8, 4) is 0 Å². The van der Waals surface area contributed by atoms with E-state index >= 15 is 0 Å². The van der Waals surface area contributed by atoms with Gasteiger partial charge >= 0.3 is 6.18 Å². The van der Waals surface area contributed by atoms with Crippen LogP contribution in [0.4, 0.5) is 19.1 Å². The Kier molecular flexibility index (Phi) is 4.22. The van der Waals surface area contributed by atoms with Gasteiger partial charge in [-0.1, -0.05) is 13.8 Å². The van der Waals surface area contributed by atoms with Crippen molar-refractivity contribution < 1.29 is 17.9 Å². The van der Waals surface area contributed by atoms with Gasteiger partial charge < -0.3 is 10.5 Å². The van der Waals surface area contributed by atoms with Gasteiger partial charge in [0.15, 0.2) is 5.82 Å². The summed E-state index contributed by atoms with van der Waals surface area (Å²) in [4.78, 5) is 11.5. The van der Waals surface area contributed by atoms with Crippen LogP contribution in [0, 0.1) is 0 Å². The Morgan fingerprint density at radius 2 is 1.88 bits per heavy atom. The summed E-state index contributed by atoms with van der Waals surface area (Å²) in [7, 11) is 0. The second kappa shape index (κ2) is 5.26. The molecule has 1 aromatic rings. The number of hydrogen-bond acceptors (Lipinski definition) is 5. The van der Waals surface area contributed by atoms with Crippen molar-refractivity contribution in [2.24, 2.45) is 0 Å². The lowest BCUT2D eigenvalue weighted by Gasteiger charge is -2.09. The third kappa shape index (κ3) is 4.94. The summed E-state index contributed by atoms with van der Waals surface area (Å²) in [5.74, 6) is 0.532. The number of rotatable bonds is 4. The van der Waals surface area contributed by atoms with E-state index in [4.69, 9.17) is 5.73 Å². The predicted octanol–water partition coefficient (Wildman–Crippen LogP) is 1.66. The largest absolute Gasteiger partial charge is 0.411 e. The fraction of sp³-hybridized carbons (Fsp3) is 0.667. The summed E-state index contributed by atoms with van der Waals surface area (Å²) < 4.78 is 40.0. The molecule has 0 radical (unpaired) electrons. The van der Waals surface area contributed by atoms with Gasteiger partial charge in [0.05, 0.1) is 0 Å². The predicted molar refractivity (Wildman–Crippen MR) is 54.0 cm³/mol. The van der Waals surface area contributed by atoms with Crippen molar-refractivity contribution >= 4 is 5.95 Å². The van der Waals surface area contributed by atoms with E-state index in [1.54, 1.807) is 0 Å². The first-order valence-corrected chi connectivity index (χ1v) is 4.93. The molecular weight excluding hydrogens is 237 g/mol. The monoisotopic (exact) mass is 250 g/mol. The molecular formula is C9H13F3N4O. The average Bonchev–Trinajstić information content (AvgIpc) is 2.14. The lowest BCUT2D eigenvalue weighted by atomic mass is 10.2. The molecule has 17 heavy (non-hydrogen) atoms. The molecule has 96 valence electrons. The molecule has 1 heterocycles. The molecule has 0 unspecified atom stereocenters. The zero-order valence-corrected chi connectivity index (χ0v) is 9.45. The van der Waals surface area contributed by atoms with Gasteiger partial charge in [0.25, 0.3) is 0 Å².